The number of hydrogen-bond donors (Lipinski definition) is 3. The molecule has 5 N–H and O–H groups in total. The van der Waals surface area contributed by atoms with E-state index >= 15 is 0 Å². The van der Waals surface area contributed by atoms with Gasteiger partial charge in [-0.2, -0.15) is 0 Å². The molecule has 1 unspecified atom stereocenters. The summed E-state index contributed by atoms with van der Waals surface area (Å²) in [5.74, 6) is -3.56. The summed E-state index contributed by atoms with van der Waals surface area (Å²) < 4.78 is 26.6. The Bertz CT molecular complexity index is 504. The summed E-state index contributed by atoms with van der Waals surface area (Å²) in [6.45, 7) is 1.73. The maximum absolute atomic E-state index is 13.4. The highest BCUT2D eigenvalue weighted by Crippen LogP contribution is 2.19. The van der Waals surface area contributed by atoms with E-state index in [-0.39, 0.29) is 18.2 Å². The van der Waals surface area contributed by atoms with E-state index < -0.39 is 29.0 Å². The molecule has 0 aliphatic heterocycles. The molecule has 1 aromatic carbocycles. The normalized spacial score (nSPS) is 12.0. The Morgan fingerprint density at radius 1 is 1.32 bits per heavy atom. The first-order chi connectivity index (χ1) is 8.81. The van der Waals surface area contributed by atoms with Gasteiger partial charge in [-0.25, -0.2) is 8.78 Å². The molecule has 7 heteroatoms. The zero-order chi connectivity index (χ0) is 14.6. The lowest BCUT2D eigenvalue weighted by atomic mass is 10.1. The van der Waals surface area contributed by atoms with Gasteiger partial charge in [-0.3, -0.25) is 9.59 Å². The lowest BCUT2D eigenvalue weighted by Crippen LogP contribution is -2.20. The number of carbonyl (C=O) groups excluding carboxylic acids is 2. The Hall–Kier alpha value is -2.02. The van der Waals surface area contributed by atoms with Crippen molar-refractivity contribution in [2.45, 2.75) is 25.8 Å². The summed E-state index contributed by atoms with van der Waals surface area (Å²) in [5.41, 5.74) is 9.65. The van der Waals surface area contributed by atoms with E-state index in [0.717, 1.165) is 6.07 Å². The lowest BCUT2D eigenvalue weighted by molar-refractivity contribution is -0.116. The third kappa shape index (κ3) is 4.29. The molecule has 0 aliphatic rings. The van der Waals surface area contributed by atoms with Crippen LogP contribution >= 0.6 is 0 Å². The largest absolute Gasteiger partial charge is 0.366 e. The van der Waals surface area contributed by atoms with Crippen LogP contribution in [0.3, 0.4) is 0 Å². The molecule has 0 heterocycles. The standard InChI is InChI=1S/C12H15F2N3O2/c1-6(15)2-3-11(18)17-10-4-7(12(16)19)8(13)5-9(10)14/h4-6H,2-3,15H2,1H3,(H2,16,19)(H,17,18). The third-order valence-corrected chi connectivity index (χ3v) is 2.42. The van der Waals surface area contributed by atoms with Crippen molar-refractivity contribution in [2.75, 3.05) is 5.32 Å². The number of rotatable bonds is 5. The van der Waals surface area contributed by atoms with Crippen molar-refractivity contribution in [3.05, 3.63) is 29.3 Å². The number of amides is 2. The Morgan fingerprint density at radius 3 is 2.47 bits per heavy atom. The highest BCUT2D eigenvalue weighted by atomic mass is 19.1. The second-order valence-corrected chi connectivity index (χ2v) is 4.24. The maximum Gasteiger partial charge on any atom is 0.251 e. The summed E-state index contributed by atoms with van der Waals surface area (Å²) in [4.78, 5) is 22.4. The Balaban J connectivity index is 2.86. The second kappa shape index (κ2) is 6.24. The quantitative estimate of drug-likeness (QED) is 0.748. The van der Waals surface area contributed by atoms with E-state index in [4.69, 9.17) is 11.5 Å². The van der Waals surface area contributed by atoms with E-state index in [0.29, 0.717) is 12.5 Å². The molecular weight excluding hydrogens is 256 g/mol. The van der Waals surface area contributed by atoms with Crippen molar-refractivity contribution in [2.24, 2.45) is 11.5 Å². The number of primary amides is 1. The van der Waals surface area contributed by atoms with Gasteiger partial charge >= 0.3 is 0 Å². The van der Waals surface area contributed by atoms with Gasteiger partial charge in [0.2, 0.25) is 5.91 Å². The Labute approximate surface area is 109 Å². The number of nitrogens with one attached hydrogen (secondary N) is 1. The van der Waals surface area contributed by atoms with Crippen LogP contribution in [0.4, 0.5) is 14.5 Å². The number of halogens is 2. The third-order valence-electron chi connectivity index (χ3n) is 2.42. The molecule has 1 rings (SSSR count). The van der Waals surface area contributed by atoms with Crippen molar-refractivity contribution >= 4 is 17.5 Å². The molecule has 0 saturated heterocycles. The fourth-order valence-electron chi connectivity index (χ4n) is 1.41. The molecule has 0 saturated carbocycles. The minimum Gasteiger partial charge on any atom is -0.366 e. The lowest BCUT2D eigenvalue weighted by Gasteiger charge is -2.09. The van der Waals surface area contributed by atoms with Gasteiger partial charge in [0.15, 0.2) is 0 Å². The van der Waals surface area contributed by atoms with Gasteiger partial charge in [-0.15, -0.1) is 0 Å². The zero-order valence-electron chi connectivity index (χ0n) is 10.4. The number of nitrogens with two attached hydrogens (primary N) is 2. The summed E-state index contributed by atoms with van der Waals surface area (Å²) in [7, 11) is 0. The Kier molecular flexibility index (Phi) is 4.94. The number of benzene rings is 1. The van der Waals surface area contributed by atoms with Gasteiger partial charge in [-0.1, -0.05) is 0 Å². The first kappa shape index (κ1) is 15.0. The van der Waals surface area contributed by atoms with Crippen LogP contribution in [-0.2, 0) is 4.79 Å². The van der Waals surface area contributed by atoms with Crippen LogP contribution < -0.4 is 16.8 Å². The predicted molar refractivity (Wildman–Crippen MR) is 66.4 cm³/mol. The number of carbonyl (C=O) groups is 2. The molecule has 1 atom stereocenters. The van der Waals surface area contributed by atoms with Gasteiger partial charge in [-0.05, 0) is 19.4 Å². The smallest absolute Gasteiger partial charge is 0.251 e. The molecule has 104 valence electrons. The number of hydrogen-bond acceptors (Lipinski definition) is 3. The molecule has 0 bridgehead atoms. The topological polar surface area (TPSA) is 98.2 Å². The zero-order valence-corrected chi connectivity index (χ0v) is 10.4. The van der Waals surface area contributed by atoms with E-state index in [9.17, 15) is 18.4 Å². The van der Waals surface area contributed by atoms with Crippen molar-refractivity contribution in [3.8, 4) is 0 Å². The molecule has 19 heavy (non-hydrogen) atoms. The molecule has 0 aromatic heterocycles. The van der Waals surface area contributed by atoms with E-state index in [1.807, 2.05) is 0 Å². The summed E-state index contributed by atoms with van der Waals surface area (Å²) >= 11 is 0. The first-order valence-electron chi connectivity index (χ1n) is 5.65. The summed E-state index contributed by atoms with van der Waals surface area (Å²) in [6, 6.07) is 1.21. The van der Waals surface area contributed by atoms with Gasteiger partial charge in [0.1, 0.15) is 11.6 Å². The fraction of sp³-hybridized carbons (Fsp3) is 0.333. The van der Waals surface area contributed by atoms with Crippen LogP contribution in [0.15, 0.2) is 12.1 Å². The van der Waals surface area contributed by atoms with E-state index in [1.165, 1.54) is 0 Å². The van der Waals surface area contributed by atoms with Gasteiger partial charge in [0, 0.05) is 18.5 Å². The van der Waals surface area contributed by atoms with Crippen molar-refractivity contribution in [1.82, 2.24) is 0 Å². The predicted octanol–water partition coefficient (Wildman–Crippen LogP) is 1.13. The molecule has 0 fully saturated rings. The van der Waals surface area contributed by atoms with Crippen molar-refractivity contribution < 1.29 is 18.4 Å². The molecular formula is C12H15F2N3O2. The van der Waals surface area contributed by atoms with Crippen LogP contribution in [0.1, 0.15) is 30.1 Å². The van der Waals surface area contributed by atoms with Crippen LogP contribution in [0.25, 0.3) is 0 Å². The molecule has 0 aliphatic carbocycles. The summed E-state index contributed by atoms with van der Waals surface area (Å²) in [5, 5.41) is 2.24. The summed E-state index contributed by atoms with van der Waals surface area (Å²) in [6.07, 6.45) is 0.526. The molecule has 2 amide bonds. The van der Waals surface area contributed by atoms with Gasteiger partial charge in [0.25, 0.3) is 5.91 Å². The first-order valence-corrected chi connectivity index (χ1v) is 5.65. The van der Waals surface area contributed by atoms with Crippen LogP contribution in [-0.4, -0.2) is 17.9 Å². The molecule has 1 aromatic rings. The highest BCUT2D eigenvalue weighted by Gasteiger charge is 2.15. The van der Waals surface area contributed by atoms with Crippen LogP contribution in [0.5, 0.6) is 0 Å². The monoisotopic (exact) mass is 271 g/mol. The Morgan fingerprint density at radius 2 is 1.95 bits per heavy atom. The van der Waals surface area contributed by atoms with Crippen molar-refractivity contribution in [3.63, 3.8) is 0 Å². The SMILES string of the molecule is CC(N)CCC(=O)Nc1cc(C(N)=O)c(F)cc1F. The number of anilines is 1. The van der Waals surface area contributed by atoms with Crippen LogP contribution in [0, 0.1) is 11.6 Å². The minimum absolute atomic E-state index is 0.0976. The van der Waals surface area contributed by atoms with Gasteiger partial charge in [0.05, 0.1) is 11.3 Å². The van der Waals surface area contributed by atoms with E-state index in [1.54, 1.807) is 6.92 Å². The van der Waals surface area contributed by atoms with Gasteiger partial charge < -0.3 is 16.8 Å². The average molecular weight is 271 g/mol. The fourth-order valence-corrected chi connectivity index (χ4v) is 1.41. The average Bonchev–Trinajstić information content (AvgIpc) is 2.29. The second-order valence-electron chi connectivity index (χ2n) is 4.24. The highest BCUT2D eigenvalue weighted by molar-refractivity contribution is 5.96. The minimum atomic E-state index is -1.07. The van der Waals surface area contributed by atoms with E-state index in [2.05, 4.69) is 5.32 Å². The van der Waals surface area contributed by atoms with Crippen molar-refractivity contribution in [1.29, 1.82) is 0 Å². The molecule has 5 nitrogen and oxygen atoms in total. The molecule has 0 radical (unpaired) electrons. The molecule has 0 spiro atoms. The van der Waals surface area contributed by atoms with Crippen LogP contribution in [0.2, 0.25) is 0 Å². The maximum atomic E-state index is 13.4.